The summed E-state index contributed by atoms with van der Waals surface area (Å²) in [5.74, 6) is -0.411. The maximum absolute atomic E-state index is 12.6. The van der Waals surface area contributed by atoms with Crippen LogP contribution < -0.4 is 5.32 Å². The van der Waals surface area contributed by atoms with Crippen LogP contribution in [0.2, 0.25) is 0 Å². The summed E-state index contributed by atoms with van der Waals surface area (Å²) in [6.07, 6.45) is 1.65. The Labute approximate surface area is 185 Å². The number of nitrogens with one attached hydrogen (secondary N) is 1. The molecule has 1 amide bonds. The summed E-state index contributed by atoms with van der Waals surface area (Å²) in [5.41, 5.74) is 7.02. The first-order chi connectivity index (χ1) is 13.8. The second-order valence-corrected chi connectivity index (χ2v) is 8.25. The van der Waals surface area contributed by atoms with Crippen LogP contribution in [-0.4, -0.2) is 10.5 Å². The Bertz CT molecular complexity index is 1150. The zero-order valence-electron chi connectivity index (χ0n) is 16.9. The molecule has 3 rings (SSSR count). The van der Waals surface area contributed by atoms with Gasteiger partial charge in [-0.15, -0.1) is 0 Å². The quantitative estimate of drug-likeness (QED) is 0.280. The van der Waals surface area contributed by atoms with Crippen LogP contribution in [0, 0.1) is 42.6 Å². The molecule has 1 heterocycles. The van der Waals surface area contributed by atoms with Crippen molar-refractivity contribution in [2.75, 3.05) is 5.32 Å². The largest absolute Gasteiger partial charge is 0.321 e. The van der Waals surface area contributed by atoms with E-state index in [1.54, 1.807) is 6.08 Å². The first kappa shape index (κ1) is 20.9. The van der Waals surface area contributed by atoms with E-state index >= 15 is 0 Å². The van der Waals surface area contributed by atoms with Crippen LogP contribution in [0.4, 0.5) is 5.69 Å². The van der Waals surface area contributed by atoms with E-state index in [1.807, 2.05) is 57.2 Å². The number of aryl methyl sites for hydroxylation is 3. The van der Waals surface area contributed by atoms with E-state index in [1.165, 1.54) is 9.13 Å². The van der Waals surface area contributed by atoms with Crippen molar-refractivity contribution in [3.63, 3.8) is 0 Å². The Morgan fingerprint density at radius 2 is 1.76 bits per heavy atom. The van der Waals surface area contributed by atoms with E-state index < -0.39 is 5.91 Å². The average Bonchev–Trinajstić information content (AvgIpc) is 2.97. The molecular weight excluding hydrogens is 473 g/mol. The third-order valence-electron chi connectivity index (χ3n) is 4.84. The van der Waals surface area contributed by atoms with Gasteiger partial charge in [0.25, 0.3) is 5.91 Å². The number of halogens is 1. The summed E-state index contributed by atoms with van der Waals surface area (Å²) in [6, 6.07) is 17.8. The van der Waals surface area contributed by atoms with Crippen molar-refractivity contribution in [2.24, 2.45) is 0 Å². The average molecular weight is 495 g/mol. The molecular formula is C24H22IN3O. The molecule has 0 spiro atoms. The lowest BCUT2D eigenvalue weighted by Crippen LogP contribution is -2.13. The fraction of sp³-hybridized carbons (Fsp3) is 0.167. The van der Waals surface area contributed by atoms with E-state index in [9.17, 15) is 10.1 Å². The lowest BCUT2D eigenvalue weighted by atomic mass is 10.1. The minimum absolute atomic E-state index is 0.0737. The first-order valence-electron chi connectivity index (χ1n) is 9.25. The number of hydrogen-bond acceptors (Lipinski definition) is 2. The third kappa shape index (κ3) is 4.60. The van der Waals surface area contributed by atoms with Crippen LogP contribution in [0.25, 0.3) is 11.8 Å². The lowest BCUT2D eigenvalue weighted by Gasteiger charge is -2.11. The predicted octanol–water partition coefficient (Wildman–Crippen LogP) is 5.86. The van der Waals surface area contributed by atoms with Gasteiger partial charge in [-0.1, -0.05) is 17.7 Å². The molecule has 146 valence electrons. The second-order valence-electron chi connectivity index (χ2n) is 7.09. The van der Waals surface area contributed by atoms with Crippen molar-refractivity contribution >= 4 is 40.3 Å². The van der Waals surface area contributed by atoms with Gasteiger partial charge in [0.2, 0.25) is 0 Å². The number of carbonyl (C=O) groups is 1. The molecule has 0 aliphatic heterocycles. The highest BCUT2D eigenvalue weighted by molar-refractivity contribution is 14.1. The van der Waals surface area contributed by atoms with Crippen molar-refractivity contribution in [3.8, 4) is 11.8 Å². The fourth-order valence-corrected chi connectivity index (χ4v) is 3.57. The van der Waals surface area contributed by atoms with Gasteiger partial charge >= 0.3 is 0 Å². The summed E-state index contributed by atoms with van der Waals surface area (Å²) in [4.78, 5) is 12.6. The number of aromatic nitrogens is 1. The van der Waals surface area contributed by atoms with Crippen LogP contribution in [-0.2, 0) is 4.79 Å². The maximum atomic E-state index is 12.6. The number of rotatable bonds is 4. The zero-order chi connectivity index (χ0) is 21.1. The highest BCUT2D eigenvalue weighted by Crippen LogP contribution is 2.25. The first-order valence-corrected chi connectivity index (χ1v) is 10.3. The molecule has 0 atom stereocenters. The van der Waals surface area contributed by atoms with Crippen LogP contribution >= 0.6 is 22.6 Å². The highest BCUT2D eigenvalue weighted by Gasteiger charge is 2.14. The molecule has 4 nitrogen and oxygen atoms in total. The van der Waals surface area contributed by atoms with Crippen LogP contribution in [0.15, 0.2) is 54.1 Å². The van der Waals surface area contributed by atoms with Gasteiger partial charge in [-0.05, 0) is 104 Å². The summed E-state index contributed by atoms with van der Waals surface area (Å²) in [5, 5.41) is 12.3. The minimum Gasteiger partial charge on any atom is -0.321 e. The molecule has 2 aromatic carbocycles. The molecule has 0 fully saturated rings. The van der Waals surface area contributed by atoms with Gasteiger partial charge in [-0.2, -0.15) is 5.26 Å². The lowest BCUT2D eigenvalue weighted by molar-refractivity contribution is -0.112. The van der Waals surface area contributed by atoms with Gasteiger partial charge in [-0.25, -0.2) is 0 Å². The number of nitriles is 1. The monoisotopic (exact) mass is 495 g/mol. The molecule has 0 saturated heterocycles. The molecule has 1 N–H and O–H groups in total. The van der Waals surface area contributed by atoms with Gasteiger partial charge < -0.3 is 9.88 Å². The molecule has 0 saturated carbocycles. The van der Waals surface area contributed by atoms with E-state index in [-0.39, 0.29) is 5.57 Å². The Morgan fingerprint density at radius 3 is 2.38 bits per heavy atom. The Balaban J connectivity index is 1.94. The SMILES string of the molecule is Cc1ccc(NC(=O)/C(C#N)=C\c2cc(C)n(-c3ccc(I)c(C)c3)c2C)cc1. The molecule has 29 heavy (non-hydrogen) atoms. The fourth-order valence-electron chi connectivity index (χ4n) is 3.24. The van der Waals surface area contributed by atoms with Crippen molar-refractivity contribution in [2.45, 2.75) is 27.7 Å². The van der Waals surface area contributed by atoms with Crippen molar-refractivity contribution in [3.05, 3.63) is 85.8 Å². The molecule has 1 aromatic heterocycles. The van der Waals surface area contributed by atoms with E-state index in [4.69, 9.17) is 0 Å². The summed E-state index contributed by atoms with van der Waals surface area (Å²) in [7, 11) is 0. The Hall–Kier alpha value is -2.85. The number of carbonyl (C=O) groups excluding carboxylic acids is 1. The normalized spacial score (nSPS) is 11.2. The van der Waals surface area contributed by atoms with Crippen LogP contribution in [0.5, 0.6) is 0 Å². The number of benzene rings is 2. The minimum atomic E-state index is -0.411. The molecule has 0 aliphatic carbocycles. The predicted molar refractivity (Wildman–Crippen MR) is 126 cm³/mol. The molecule has 3 aromatic rings. The molecule has 0 unspecified atom stereocenters. The molecule has 0 radical (unpaired) electrons. The zero-order valence-corrected chi connectivity index (χ0v) is 19.0. The van der Waals surface area contributed by atoms with Gasteiger partial charge in [0.1, 0.15) is 11.6 Å². The second kappa shape index (κ2) is 8.66. The topological polar surface area (TPSA) is 57.8 Å². The summed E-state index contributed by atoms with van der Waals surface area (Å²) >= 11 is 2.32. The summed E-state index contributed by atoms with van der Waals surface area (Å²) < 4.78 is 3.36. The van der Waals surface area contributed by atoms with Crippen LogP contribution in [0.1, 0.15) is 28.1 Å². The Morgan fingerprint density at radius 1 is 1.07 bits per heavy atom. The number of nitrogens with zero attached hydrogens (tertiary/aromatic N) is 2. The van der Waals surface area contributed by atoms with Crippen molar-refractivity contribution in [1.29, 1.82) is 5.26 Å². The highest BCUT2D eigenvalue weighted by atomic mass is 127. The van der Waals surface area contributed by atoms with Gasteiger partial charge in [0, 0.05) is 26.3 Å². The van der Waals surface area contributed by atoms with Crippen LogP contribution in [0.3, 0.4) is 0 Å². The van der Waals surface area contributed by atoms with Crippen molar-refractivity contribution in [1.82, 2.24) is 4.57 Å². The van der Waals surface area contributed by atoms with Crippen molar-refractivity contribution < 1.29 is 4.79 Å². The van der Waals surface area contributed by atoms with Gasteiger partial charge in [0.05, 0.1) is 0 Å². The molecule has 0 bridgehead atoms. The maximum Gasteiger partial charge on any atom is 0.266 e. The van der Waals surface area contributed by atoms with Gasteiger partial charge in [-0.3, -0.25) is 4.79 Å². The Kier molecular flexibility index (Phi) is 6.23. The third-order valence-corrected chi connectivity index (χ3v) is 6.05. The smallest absolute Gasteiger partial charge is 0.266 e. The van der Waals surface area contributed by atoms with E-state index in [0.717, 1.165) is 28.2 Å². The summed E-state index contributed by atoms with van der Waals surface area (Å²) in [6.45, 7) is 8.09. The standard InChI is InChI=1S/C24H22IN3O/c1-15-5-7-21(8-6-15)27-24(29)20(14-26)13-19-12-17(3)28(18(19)4)22-9-10-23(25)16(2)11-22/h5-13H,1-4H3,(H,27,29)/b20-13-. The van der Waals surface area contributed by atoms with Gasteiger partial charge in [0.15, 0.2) is 0 Å². The molecule has 5 heteroatoms. The molecule has 0 aliphatic rings. The van der Waals surface area contributed by atoms with E-state index in [2.05, 4.69) is 57.6 Å². The number of anilines is 1. The van der Waals surface area contributed by atoms with E-state index in [0.29, 0.717) is 5.69 Å². The number of hydrogen-bond donors (Lipinski definition) is 1. The number of amides is 1.